The highest BCUT2D eigenvalue weighted by Crippen LogP contribution is 2.28. The number of hydrogen-bond donors (Lipinski definition) is 1. The lowest BCUT2D eigenvalue weighted by atomic mass is 10.0. The zero-order chi connectivity index (χ0) is 12.5. The van der Waals surface area contributed by atoms with Crippen LogP contribution in [0.3, 0.4) is 0 Å². The highest BCUT2D eigenvalue weighted by atomic mass is 14.6. The van der Waals surface area contributed by atoms with Crippen molar-refractivity contribution in [2.45, 2.75) is 6.92 Å². The van der Waals surface area contributed by atoms with Gasteiger partial charge in [0.1, 0.15) is 0 Å². The average Bonchev–Trinajstić information content (AvgIpc) is 2.41. The molecule has 0 unspecified atom stereocenters. The van der Waals surface area contributed by atoms with Crippen molar-refractivity contribution in [3.8, 4) is 11.1 Å². The zero-order valence-electron chi connectivity index (χ0n) is 10.2. The Bertz CT molecular complexity index is 717. The molecule has 18 heavy (non-hydrogen) atoms. The summed E-state index contributed by atoms with van der Waals surface area (Å²) in [5, 5.41) is 1.15. The number of aromatic nitrogens is 1. The largest absolute Gasteiger partial charge is 0.398 e. The predicted octanol–water partition coefficient (Wildman–Crippen LogP) is 3.79. The van der Waals surface area contributed by atoms with Gasteiger partial charge < -0.3 is 5.73 Å². The molecule has 0 saturated carbocycles. The quantitative estimate of drug-likeness (QED) is 0.650. The molecule has 3 rings (SSSR count). The fraction of sp³-hybridized carbons (Fsp3) is 0.0625. The minimum atomic E-state index is 0.802. The summed E-state index contributed by atoms with van der Waals surface area (Å²) in [6.45, 7) is 2.07. The lowest BCUT2D eigenvalue weighted by Crippen LogP contribution is -1.91. The molecule has 0 aliphatic rings. The van der Waals surface area contributed by atoms with Crippen LogP contribution < -0.4 is 5.73 Å². The molecular weight excluding hydrogens is 220 g/mol. The Morgan fingerprint density at radius 2 is 1.89 bits per heavy atom. The number of pyridine rings is 1. The van der Waals surface area contributed by atoms with Gasteiger partial charge >= 0.3 is 0 Å². The van der Waals surface area contributed by atoms with Gasteiger partial charge in [0.05, 0.1) is 5.52 Å². The summed E-state index contributed by atoms with van der Waals surface area (Å²) >= 11 is 0. The minimum absolute atomic E-state index is 0.802. The molecule has 2 heteroatoms. The first kappa shape index (κ1) is 10.8. The molecule has 2 aromatic carbocycles. The van der Waals surface area contributed by atoms with Gasteiger partial charge in [0, 0.05) is 22.8 Å². The van der Waals surface area contributed by atoms with E-state index in [1.165, 1.54) is 5.56 Å². The predicted molar refractivity (Wildman–Crippen MR) is 76.3 cm³/mol. The van der Waals surface area contributed by atoms with Gasteiger partial charge in [-0.1, -0.05) is 29.8 Å². The van der Waals surface area contributed by atoms with Crippen molar-refractivity contribution >= 4 is 16.6 Å². The summed E-state index contributed by atoms with van der Waals surface area (Å²) in [5.41, 5.74) is 11.2. The van der Waals surface area contributed by atoms with Gasteiger partial charge in [-0.15, -0.1) is 0 Å². The molecule has 0 saturated heterocycles. The standard InChI is InChI=1S/C16H14N2/c1-11-4-7-15(17)14(9-11)13-6-5-12-3-2-8-18-16(12)10-13/h2-10H,17H2,1H3. The van der Waals surface area contributed by atoms with Crippen molar-refractivity contribution in [1.82, 2.24) is 4.98 Å². The molecule has 0 aliphatic heterocycles. The van der Waals surface area contributed by atoms with E-state index in [0.29, 0.717) is 0 Å². The number of anilines is 1. The van der Waals surface area contributed by atoms with Crippen molar-refractivity contribution in [2.24, 2.45) is 0 Å². The highest BCUT2D eigenvalue weighted by Gasteiger charge is 2.04. The third kappa shape index (κ3) is 1.82. The van der Waals surface area contributed by atoms with E-state index in [1.807, 2.05) is 24.4 Å². The topological polar surface area (TPSA) is 38.9 Å². The molecular formula is C16H14N2. The third-order valence-electron chi connectivity index (χ3n) is 3.13. The van der Waals surface area contributed by atoms with Gasteiger partial charge in [-0.3, -0.25) is 4.98 Å². The molecule has 0 aliphatic carbocycles. The Labute approximate surface area is 106 Å². The van der Waals surface area contributed by atoms with Crippen LogP contribution in [0.5, 0.6) is 0 Å². The van der Waals surface area contributed by atoms with Crippen molar-refractivity contribution in [3.05, 3.63) is 60.3 Å². The maximum Gasteiger partial charge on any atom is 0.0708 e. The van der Waals surface area contributed by atoms with Crippen molar-refractivity contribution in [3.63, 3.8) is 0 Å². The Morgan fingerprint density at radius 3 is 2.78 bits per heavy atom. The summed E-state index contributed by atoms with van der Waals surface area (Å²) in [5.74, 6) is 0. The average molecular weight is 234 g/mol. The van der Waals surface area contributed by atoms with Gasteiger partial charge in [0.15, 0.2) is 0 Å². The number of rotatable bonds is 1. The molecule has 1 aromatic heterocycles. The Morgan fingerprint density at radius 1 is 1.00 bits per heavy atom. The van der Waals surface area contributed by atoms with E-state index in [9.17, 15) is 0 Å². The zero-order valence-corrected chi connectivity index (χ0v) is 10.2. The van der Waals surface area contributed by atoms with Crippen LogP contribution in [0.4, 0.5) is 5.69 Å². The second kappa shape index (κ2) is 4.15. The van der Waals surface area contributed by atoms with Crippen LogP contribution in [0, 0.1) is 6.92 Å². The maximum absolute atomic E-state index is 6.05. The highest BCUT2D eigenvalue weighted by molar-refractivity contribution is 5.87. The van der Waals surface area contributed by atoms with Crippen molar-refractivity contribution < 1.29 is 0 Å². The van der Waals surface area contributed by atoms with Gasteiger partial charge in [0.25, 0.3) is 0 Å². The summed E-state index contributed by atoms with van der Waals surface area (Å²) in [7, 11) is 0. The molecule has 0 bridgehead atoms. The van der Waals surface area contributed by atoms with E-state index in [-0.39, 0.29) is 0 Å². The van der Waals surface area contributed by atoms with E-state index >= 15 is 0 Å². The van der Waals surface area contributed by atoms with Crippen LogP contribution >= 0.6 is 0 Å². The fourth-order valence-corrected chi connectivity index (χ4v) is 2.15. The molecule has 2 N–H and O–H groups in total. The monoisotopic (exact) mass is 234 g/mol. The second-order valence-corrected chi connectivity index (χ2v) is 4.50. The first-order chi connectivity index (χ1) is 8.74. The molecule has 0 radical (unpaired) electrons. The normalized spacial score (nSPS) is 10.7. The number of fused-ring (bicyclic) bond motifs is 1. The molecule has 88 valence electrons. The second-order valence-electron chi connectivity index (χ2n) is 4.50. The van der Waals surface area contributed by atoms with Gasteiger partial charge in [-0.25, -0.2) is 0 Å². The van der Waals surface area contributed by atoms with E-state index in [4.69, 9.17) is 5.73 Å². The van der Waals surface area contributed by atoms with Crippen LogP contribution in [-0.4, -0.2) is 4.98 Å². The van der Waals surface area contributed by atoms with Gasteiger partial charge in [-0.2, -0.15) is 0 Å². The summed E-state index contributed by atoms with van der Waals surface area (Å²) in [6.07, 6.45) is 1.81. The first-order valence-corrected chi connectivity index (χ1v) is 5.95. The number of nitrogen functional groups attached to an aromatic ring is 1. The van der Waals surface area contributed by atoms with E-state index in [2.05, 4.69) is 42.2 Å². The number of nitrogens with two attached hydrogens (primary N) is 1. The molecule has 0 spiro atoms. The van der Waals surface area contributed by atoms with Crippen molar-refractivity contribution in [2.75, 3.05) is 5.73 Å². The summed E-state index contributed by atoms with van der Waals surface area (Å²) < 4.78 is 0. The smallest absolute Gasteiger partial charge is 0.0708 e. The molecule has 0 atom stereocenters. The van der Waals surface area contributed by atoms with Crippen LogP contribution in [0.1, 0.15) is 5.56 Å². The molecule has 3 aromatic rings. The first-order valence-electron chi connectivity index (χ1n) is 5.95. The number of aryl methyl sites for hydroxylation is 1. The summed E-state index contributed by atoms with van der Waals surface area (Å²) in [4.78, 5) is 4.38. The molecule has 0 fully saturated rings. The van der Waals surface area contributed by atoms with Crippen LogP contribution in [0.25, 0.3) is 22.0 Å². The number of benzene rings is 2. The van der Waals surface area contributed by atoms with E-state index < -0.39 is 0 Å². The molecule has 1 heterocycles. The fourth-order valence-electron chi connectivity index (χ4n) is 2.15. The van der Waals surface area contributed by atoms with E-state index in [1.54, 1.807) is 0 Å². The Kier molecular flexibility index (Phi) is 2.49. The van der Waals surface area contributed by atoms with Crippen LogP contribution in [-0.2, 0) is 0 Å². The minimum Gasteiger partial charge on any atom is -0.398 e. The molecule has 0 amide bonds. The molecule has 2 nitrogen and oxygen atoms in total. The third-order valence-corrected chi connectivity index (χ3v) is 3.13. The summed E-state index contributed by atoms with van der Waals surface area (Å²) in [6, 6.07) is 16.4. The number of hydrogen-bond acceptors (Lipinski definition) is 2. The van der Waals surface area contributed by atoms with Crippen LogP contribution in [0.2, 0.25) is 0 Å². The number of nitrogens with zero attached hydrogens (tertiary/aromatic N) is 1. The Hall–Kier alpha value is -2.35. The lowest BCUT2D eigenvalue weighted by molar-refractivity contribution is 1.41. The SMILES string of the molecule is Cc1ccc(N)c(-c2ccc3cccnc3c2)c1. The van der Waals surface area contributed by atoms with Crippen LogP contribution in [0.15, 0.2) is 54.7 Å². The van der Waals surface area contributed by atoms with Crippen molar-refractivity contribution in [1.29, 1.82) is 0 Å². The van der Waals surface area contributed by atoms with E-state index in [0.717, 1.165) is 27.7 Å². The van der Waals surface area contributed by atoms with Gasteiger partial charge in [-0.05, 0) is 36.8 Å². The lowest BCUT2D eigenvalue weighted by Gasteiger charge is -2.08. The Balaban J connectivity index is 2.22. The van der Waals surface area contributed by atoms with Gasteiger partial charge in [0.2, 0.25) is 0 Å². The maximum atomic E-state index is 6.05.